The van der Waals surface area contributed by atoms with Crippen LogP contribution in [-0.4, -0.2) is 17.7 Å². The minimum Gasteiger partial charge on any atom is -0.548 e. The first-order chi connectivity index (χ1) is 3.27. The average molecular weight is 126 g/mol. The zero-order valence-corrected chi connectivity index (χ0v) is 6.89. The van der Waals surface area contributed by atoms with Crippen molar-refractivity contribution in [1.29, 1.82) is 0 Å². The number of hydrogen-bond acceptors (Lipinski definition) is 3. The SMILES string of the molecule is C=C.O=C([O-])CO.[Na+]. The first-order valence-corrected chi connectivity index (χ1v) is 1.58. The van der Waals surface area contributed by atoms with Gasteiger partial charge in [0.25, 0.3) is 0 Å². The Balaban J connectivity index is -0.0000000750. The fourth-order valence-electron chi connectivity index (χ4n) is 0. The summed E-state index contributed by atoms with van der Waals surface area (Å²) in [6, 6.07) is 0. The van der Waals surface area contributed by atoms with Gasteiger partial charge in [-0.25, -0.2) is 0 Å². The normalized spacial score (nSPS) is 5.12. The third-order valence-electron chi connectivity index (χ3n) is 0.129. The largest absolute Gasteiger partial charge is 1.00 e. The van der Waals surface area contributed by atoms with Crippen molar-refractivity contribution in [3.8, 4) is 0 Å². The maximum absolute atomic E-state index is 9.01. The molecule has 0 saturated carbocycles. The molecule has 1 N–H and O–H groups in total. The van der Waals surface area contributed by atoms with Crippen molar-refractivity contribution in [2.75, 3.05) is 6.61 Å². The molecular weight excluding hydrogens is 119 g/mol. The van der Waals surface area contributed by atoms with Crippen molar-refractivity contribution in [1.82, 2.24) is 0 Å². The zero-order chi connectivity index (χ0) is 6.28. The van der Waals surface area contributed by atoms with E-state index < -0.39 is 12.6 Å². The standard InChI is InChI=1S/C2H4O3.C2H4.Na/c3-1-2(4)5;1-2;/h3H,1H2,(H,4,5);1-2H2;/q;;+1/p-1. The fourth-order valence-corrected chi connectivity index (χ4v) is 0. The molecule has 8 heavy (non-hydrogen) atoms. The molecule has 0 aliphatic rings. The Labute approximate surface area is 70.3 Å². The van der Waals surface area contributed by atoms with Gasteiger partial charge in [-0.1, -0.05) is 0 Å². The smallest absolute Gasteiger partial charge is 0.548 e. The molecule has 0 aromatic carbocycles. The maximum atomic E-state index is 9.01. The van der Waals surface area contributed by atoms with Crippen molar-refractivity contribution < 1.29 is 44.6 Å². The Morgan fingerprint density at radius 2 is 1.75 bits per heavy atom. The van der Waals surface area contributed by atoms with Gasteiger partial charge < -0.3 is 15.0 Å². The molecule has 0 aliphatic heterocycles. The van der Waals surface area contributed by atoms with Crippen molar-refractivity contribution in [3.63, 3.8) is 0 Å². The van der Waals surface area contributed by atoms with Crippen molar-refractivity contribution >= 4 is 5.97 Å². The summed E-state index contributed by atoms with van der Waals surface area (Å²) in [6.45, 7) is 5.11. The van der Waals surface area contributed by atoms with Gasteiger partial charge in [0, 0.05) is 0 Å². The van der Waals surface area contributed by atoms with Gasteiger partial charge in [-0.2, -0.15) is 0 Å². The van der Waals surface area contributed by atoms with Crippen LogP contribution in [0.25, 0.3) is 0 Å². The minimum absolute atomic E-state index is 0. The number of carbonyl (C=O) groups is 1. The Morgan fingerprint density at radius 1 is 1.62 bits per heavy atom. The van der Waals surface area contributed by atoms with Crippen LogP contribution in [0.1, 0.15) is 0 Å². The van der Waals surface area contributed by atoms with Gasteiger partial charge in [-0.3, -0.25) is 0 Å². The molecule has 0 saturated heterocycles. The molecule has 0 fully saturated rings. The summed E-state index contributed by atoms with van der Waals surface area (Å²) >= 11 is 0. The van der Waals surface area contributed by atoms with Crippen LogP contribution in [0.15, 0.2) is 13.2 Å². The first-order valence-electron chi connectivity index (χ1n) is 1.58. The van der Waals surface area contributed by atoms with Crippen LogP contribution in [0.5, 0.6) is 0 Å². The second-order valence-corrected chi connectivity index (χ2v) is 0.530. The van der Waals surface area contributed by atoms with E-state index in [2.05, 4.69) is 13.2 Å². The fraction of sp³-hybridized carbons (Fsp3) is 0.250. The summed E-state index contributed by atoms with van der Waals surface area (Å²) in [4.78, 5) is 9.01. The van der Waals surface area contributed by atoms with Gasteiger partial charge >= 0.3 is 29.6 Å². The number of carboxylic acids is 1. The summed E-state index contributed by atoms with van der Waals surface area (Å²) in [6.07, 6.45) is 0. The van der Waals surface area contributed by atoms with Gasteiger partial charge in [-0.05, 0) is 0 Å². The number of rotatable bonds is 1. The third kappa shape index (κ3) is 35.0. The minimum atomic E-state index is -1.44. The number of aliphatic hydroxyl groups excluding tert-OH is 1. The van der Waals surface area contributed by atoms with Crippen LogP contribution in [-0.2, 0) is 4.79 Å². The van der Waals surface area contributed by atoms with E-state index in [0.29, 0.717) is 0 Å². The Hall–Kier alpha value is 0.170. The molecular formula is C4H7NaO3. The second-order valence-electron chi connectivity index (χ2n) is 0.530. The molecule has 0 aromatic rings. The van der Waals surface area contributed by atoms with E-state index in [9.17, 15) is 0 Å². The molecule has 0 heterocycles. The Morgan fingerprint density at radius 3 is 1.75 bits per heavy atom. The van der Waals surface area contributed by atoms with E-state index in [0.717, 1.165) is 0 Å². The van der Waals surface area contributed by atoms with Gasteiger partial charge in [0.1, 0.15) is 0 Å². The Bertz CT molecular complexity index is 55.2. The van der Waals surface area contributed by atoms with Gasteiger partial charge in [0.2, 0.25) is 0 Å². The molecule has 0 atom stereocenters. The van der Waals surface area contributed by atoms with Crippen LogP contribution in [0.2, 0.25) is 0 Å². The zero-order valence-electron chi connectivity index (χ0n) is 4.89. The number of aliphatic carboxylic acids is 1. The van der Waals surface area contributed by atoms with Crippen LogP contribution >= 0.6 is 0 Å². The molecule has 0 spiro atoms. The molecule has 0 amide bonds. The second kappa shape index (κ2) is 15.7. The maximum Gasteiger partial charge on any atom is 1.00 e. The van der Waals surface area contributed by atoms with E-state index in [-0.39, 0.29) is 29.6 Å². The molecule has 0 bridgehead atoms. The molecule has 0 aromatic heterocycles. The quantitative estimate of drug-likeness (QED) is 0.285. The number of carbonyl (C=O) groups excluding carboxylic acids is 1. The van der Waals surface area contributed by atoms with Crippen molar-refractivity contribution in [2.45, 2.75) is 0 Å². The van der Waals surface area contributed by atoms with Crippen molar-refractivity contribution in [2.24, 2.45) is 0 Å². The van der Waals surface area contributed by atoms with Crippen LogP contribution in [0.4, 0.5) is 0 Å². The van der Waals surface area contributed by atoms with Gasteiger partial charge in [0.05, 0.1) is 12.6 Å². The molecule has 4 heteroatoms. The van der Waals surface area contributed by atoms with Crippen LogP contribution in [0, 0.1) is 0 Å². The summed E-state index contributed by atoms with van der Waals surface area (Å²) < 4.78 is 0. The van der Waals surface area contributed by atoms with E-state index in [1.54, 1.807) is 0 Å². The van der Waals surface area contributed by atoms with Gasteiger partial charge in [-0.15, -0.1) is 13.2 Å². The average Bonchev–Trinajstić information content (AvgIpc) is 1.73. The number of aliphatic hydroxyl groups is 1. The molecule has 0 unspecified atom stereocenters. The number of hydrogen-bond donors (Lipinski definition) is 1. The summed E-state index contributed by atoms with van der Waals surface area (Å²) in [5.74, 6) is -1.44. The predicted octanol–water partition coefficient (Wildman–Crippen LogP) is -4.47. The topological polar surface area (TPSA) is 60.4 Å². The molecule has 42 valence electrons. The predicted molar refractivity (Wildman–Crippen MR) is 23.3 cm³/mol. The van der Waals surface area contributed by atoms with E-state index >= 15 is 0 Å². The monoisotopic (exact) mass is 126 g/mol. The first kappa shape index (κ1) is 15.7. The van der Waals surface area contributed by atoms with Gasteiger partial charge in [0.15, 0.2) is 0 Å². The molecule has 3 nitrogen and oxygen atoms in total. The van der Waals surface area contributed by atoms with Crippen LogP contribution in [0.3, 0.4) is 0 Å². The van der Waals surface area contributed by atoms with E-state index in [1.807, 2.05) is 0 Å². The third-order valence-corrected chi connectivity index (χ3v) is 0.129. The number of carboxylic acid groups (broad SMARTS) is 1. The summed E-state index contributed by atoms with van der Waals surface area (Å²) in [5, 5.41) is 16.5. The van der Waals surface area contributed by atoms with Crippen LogP contribution < -0.4 is 34.7 Å². The Kier molecular flexibility index (Phi) is 30.8. The summed E-state index contributed by atoms with van der Waals surface area (Å²) in [5.41, 5.74) is 0. The van der Waals surface area contributed by atoms with E-state index in [4.69, 9.17) is 15.0 Å². The van der Waals surface area contributed by atoms with Crippen molar-refractivity contribution in [3.05, 3.63) is 13.2 Å². The molecule has 0 rings (SSSR count). The molecule has 0 radical (unpaired) electrons. The molecule has 0 aliphatic carbocycles. The summed E-state index contributed by atoms with van der Waals surface area (Å²) in [7, 11) is 0. The van der Waals surface area contributed by atoms with E-state index in [1.165, 1.54) is 0 Å².